The van der Waals surface area contributed by atoms with Crippen LogP contribution in [-0.2, 0) is 13.6 Å². The average Bonchev–Trinajstić information content (AvgIpc) is 3.17. The fourth-order valence-corrected chi connectivity index (χ4v) is 4.60. The van der Waals surface area contributed by atoms with Crippen LogP contribution in [0.25, 0.3) is 11.0 Å². The Morgan fingerprint density at radius 1 is 1.30 bits per heavy atom. The summed E-state index contributed by atoms with van der Waals surface area (Å²) in [6.07, 6.45) is 2.46. The first-order chi connectivity index (χ1) is 13.0. The summed E-state index contributed by atoms with van der Waals surface area (Å²) in [5.41, 5.74) is 2.56. The van der Waals surface area contributed by atoms with Crippen molar-refractivity contribution in [1.29, 1.82) is 0 Å². The molecule has 27 heavy (non-hydrogen) atoms. The van der Waals surface area contributed by atoms with Crippen molar-refractivity contribution in [2.45, 2.75) is 19.9 Å². The van der Waals surface area contributed by atoms with Crippen LogP contribution in [0.4, 0.5) is 5.69 Å². The zero-order chi connectivity index (χ0) is 19.0. The van der Waals surface area contributed by atoms with Crippen LogP contribution in [0.5, 0.6) is 0 Å². The summed E-state index contributed by atoms with van der Waals surface area (Å²) in [6.45, 7) is 6.40. The minimum Gasteiger partial charge on any atom is -0.478 e. The third-order valence-electron chi connectivity index (χ3n) is 5.09. The van der Waals surface area contributed by atoms with Gasteiger partial charge in [0.15, 0.2) is 5.65 Å². The lowest BCUT2D eigenvalue weighted by Crippen LogP contribution is -2.31. The van der Waals surface area contributed by atoms with Gasteiger partial charge in [0.1, 0.15) is 5.56 Å². The highest BCUT2D eigenvalue weighted by atomic mass is 32.1. The fourth-order valence-electron chi connectivity index (χ4n) is 3.85. The molecule has 1 fully saturated rings. The molecule has 0 radical (unpaired) electrons. The fraction of sp³-hybridized carbons (Fsp3) is 0.421. The molecule has 1 N–H and O–H groups in total. The molecule has 4 rings (SSSR count). The summed E-state index contributed by atoms with van der Waals surface area (Å²) in [6, 6.07) is 4.25. The molecule has 0 atom stereocenters. The lowest BCUT2D eigenvalue weighted by molar-refractivity contribution is 0.0697. The van der Waals surface area contributed by atoms with E-state index in [0.29, 0.717) is 0 Å². The average molecular weight is 385 g/mol. The standard InChI is InChI=1S/C19H23N5O2S/c1-13-16-17(15(19(25)26)11-20-18(16)22(2)21-13)24-7-4-6-23(8-9-24)12-14-5-3-10-27-14/h3,5,10-11H,4,6-9,12H2,1-2H3,(H,25,26). The van der Waals surface area contributed by atoms with Crippen molar-refractivity contribution in [2.24, 2.45) is 7.05 Å². The van der Waals surface area contributed by atoms with E-state index in [1.807, 2.05) is 14.0 Å². The molecule has 0 bridgehead atoms. The zero-order valence-corrected chi connectivity index (χ0v) is 16.4. The molecule has 0 aromatic carbocycles. The quantitative estimate of drug-likeness (QED) is 0.744. The Labute approximate surface area is 161 Å². The third-order valence-corrected chi connectivity index (χ3v) is 5.96. The van der Waals surface area contributed by atoms with Crippen LogP contribution in [0.3, 0.4) is 0 Å². The van der Waals surface area contributed by atoms with Crippen molar-refractivity contribution < 1.29 is 9.90 Å². The molecule has 4 heterocycles. The van der Waals surface area contributed by atoms with Crippen LogP contribution in [0, 0.1) is 6.92 Å². The number of thiophene rings is 1. The Hall–Kier alpha value is -2.45. The minimum absolute atomic E-state index is 0.255. The summed E-state index contributed by atoms with van der Waals surface area (Å²) < 4.78 is 1.72. The van der Waals surface area contributed by atoms with E-state index < -0.39 is 5.97 Å². The highest BCUT2D eigenvalue weighted by Crippen LogP contribution is 2.32. The van der Waals surface area contributed by atoms with Gasteiger partial charge in [-0.3, -0.25) is 9.58 Å². The number of aryl methyl sites for hydroxylation is 2. The molecule has 142 valence electrons. The van der Waals surface area contributed by atoms with E-state index >= 15 is 0 Å². The molecule has 1 saturated heterocycles. The van der Waals surface area contributed by atoms with Gasteiger partial charge in [0, 0.05) is 50.8 Å². The highest BCUT2D eigenvalue weighted by molar-refractivity contribution is 7.09. The van der Waals surface area contributed by atoms with E-state index in [4.69, 9.17) is 0 Å². The summed E-state index contributed by atoms with van der Waals surface area (Å²) in [4.78, 5) is 22.3. The number of rotatable bonds is 4. The number of carboxylic acids is 1. The predicted octanol–water partition coefficient (Wildman–Crippen LogP) is 2.75. The Morgan fingerprint density at radius 2 is 2.15 bits per heavy atom. The van der Waals surface area contributed by atoms with Gasteiger partial charge in [0.2, 0.25) is 0 Å². The monoisotopic (exact) mass is 385 g/mol. The molecule has 0 aliphatic carbocycles. The second-order valence-corrected chi connectivity index (χ2v) is 7.96. The first kappa shape index (κ1) is 17.9. The lowest BCUT2D eigenvalue weighted by atomic mass is 10.1. The van der Waals surface area contributed by atoms with E-state index in [0.717, 1.165) is 61.6 Å². The SMILES string of the molecule is Cc1nn(C)c2ncc(C(=O)O)c(N3CCCN(Cc4cccs4)CC3)c12. The molecule has 7 nitrogen and oxygen atoms in total. The van der Waals surface area contributed by atoms with Crippen molar-refractivity contribution >= 4 is 34.0 Å². The molecule has 3 aromatic heterocycles. The normalized spacial score (nSPS) is 16.0. The summed E-state index contributed by atoms with van der Waals surface area (Å²) in [5.74, 6) is -0.942. The molecule has 0 spiro atoms. The maximum Gasteiger partial charge on any atom is 0.339 e. The molecule has 8 heteroatoms. The Kier molecular flexibility index (Phi) is 4.84. The van der Waals surface area contributed by atoms with Gasteiger partial charge in [-0.1, -0.05) is 6.07 Å². The van der Waals surface area contributed by atoms with Gasteiger partial charge < -0.3 is 10.0 Å². The summed E-state index contributed by atoms with van der Waals surface area (Å²) >= 11 is 1.78. The van der Waals surface area contributed by atoms with Crippen molar-refractivity contribution in [2.75, 3.05) is 31.1 Å². The Morgan fingerprint density at radius 3 is 2.89 bits per heavy atom. The number of pyridine rings is 1. The number of nitrogens with zero attached hydrogens (tertiary/aromatic N) is 5. The van der Waals surface area contributed by atoms with Crippen LogP contribution in [-0.4, -0.2) is 56.9 Å². The molecule has 0 unspecified atom stereocenters. The molecule has 1 aliphatic rings. The second-order valence-electron chi connectivity index (χ2n) is 6.93. The number of aromatic nitrogens is 3. The number of hydrogen-bond acceptors (Lipinski definition) is 6. The second kappa shape index (κ2) is 7.28. The number of aromatic carboxylic acids is 1. The van der Waals surface area contributed by atoms with E-state index in [9.17, 15) is 9.90 Å². The van der Waals surface area contributed by atoms with E-state index in [2.05, 4.69) is 37.4 Å². The zero-order valence-electron chi connectivity index (χ0n) is 15.6. The molecular formula is C19H23N5O2S. The van der Waals surface area contributed by atoms with Crippen LogP contribution in [0.15, 0.2) is 23.7 Å². The van der Waals surface area contributed by atoms with Crippen molar-refractivity contribution in [3.63, 3.8) is 0 Å². The molecule has 0 saturated carbocycles. The summed E-state index contributed by atoms with van der Waals surface area (Å²) in [7, 11) is 1.84. The van der Waals surface area contributed by atoms with Gasteiger partial charge >= 0.3 is 5.97 Å². The van der Waals surface area contributed by atoms with Crippen LogP contribution in [0.1, 0.15) is 27.3 Å². The molecule has 3 aromatic rings. The van der Waals surface area contributed by atoms with Crippen LogP contribution >= 0.6 is 11.3 Å². The van der Waals surface area contributed by atoms with Crippen LogP contribution < -0.4 is 4.90 Å². The van der Waals surface area contributed by atoms with Gasteiger partial charge in [0.05, 0.1) is 16.8 Å². The Bertz CT molecular complexity index is 966. The minimum atomic E-state index is -0.942. The number of carbonyl (C=O) groups is 1. The van der Waals surface area contributed by atoms with E-state index in [-0.39, 0.29) is 5.56 Å². The van der Waals surface area contributed by atoms with Crippen molar-refractivity contribution in [1.82, 2.24) is 19.7 Å². The number of carboxylic acid groups (broad SMARTS) is 1. The lowest BCUT2D eigenvalue weighted by Gasteiger charge is -2.25. The van der Waals surface area contributed by atoms with Gasteiger partial charge in [0.25, 0.3) is 0 Å². The Balaban J connectivity index is 1.67. The molecular weight excluding hydrogens is 362 g/mol. The first-order valence-corrected chi connectivity index (χ1v) is 9.98. The topological polar surface area (TPSA) is 74.5 Å². The summed E-state index contributed by atoms with van der Waals surface area (Å²) in [5, 5.41) is 17.2. The largest absolute Gasteiger partial charge is 0.478 e. The maximum atomic E-state index is 11.9. The molecule has 0 amide bonds. The molecule has 1 aliphatic heterocycles. The first-order valence-electron chi connectivity index (χ1n) is 9.10. The smallest absolute Gasteiger partial charge is 0.339 e. The van der Waals surface area contributed by atoms with Gasteiger partial charge in [-0.05, 0) is 24.8 Å². The highest BCUT2D eigenvalue weighted by Gasteiger charge is 2.25. The van der Waals surface area contributed by atoms with Crippen molar-refractivity contribution in [3.8, 4) is 0 Å². The number of hydrogen-bond donors (Lipinski definition) is 1. The number of fused-ring (bicyclic) bond motifs is 1. The van der Waals surface area contributed by atoms with Gasteiger partial charge in [-0.15, -0.1) is 11.3 Å². The van der Waals surface area contributed by atoms with Crippen LogP contribution in [0.2, 0.25) is 0 Å². The van der Waals surface area contributed by atoms with Gasteiger partial charge in [-0.25, -0.2) is 9.78 Å². The maximum absolute atomic E-state index is 11.9. The van der Waals surface area contributed by atoms with E-state index in [1.165, 1.54) is 11.1 Å². The van der Waals surface area contributed by atoms with E-state index in [1.54, 1.807) is 16.0 Å². The predicted molar refractivity (Wildman–Crippen MR) is 107 cm³/mol. The third kappa shape index (κ3) is 3.42. The number of anilines is 1. The van der Waals surface area contributed by atoms with Crippen molar-refractivity contribution in [3.05, 3.63) is 39.8 Å². The van der Waals surface area contributed by atoms with Gasteiger partial charge in [-0.2, -0.15) is 5.10 Å².